The van der Waals surface area contributed by atoms with E-state index < -0.39 is 0 Å². The normalized spacial score (nSPS) is 15.0. The molecule has 3 aromatic carbocycles. The van der Waals surface area contributed by atoms with Crippen molar-refractivity contribution >= 4 is 17.7 Å². The van der Waals surface area contributed by atoms with Crippen LogP contribution in [0.3, 0.4) is 0 Å². The first kappa shape index (κ1) is 30.5. The molecule has 1 aromatic heterocycles. The van der Waals surface area contributed by atoms with E-state index in [1.54, 1.807) is 29.2 Å². The van der Waals surface area contributed by atoms with Crippen LogP contribution in [-0.2, 0) is 17.8 Å². The number of aromatic hydroxyl groups is 1. The van der Waals surface area contributed by atoms with Gasteiger partial charge in [-0.05, 0) is 92.3 Å². The first-order valence-corrected chi connectivity index (χ1v) is 15.1. The van der Waals surface area contributed by atoms with Gasteiger partial charge in [-0.1, -0.05) is 30.3 Å². The lowest BCUT2D eigenvalue weighted by Crippen LogP contribution is -2.36. The van der Waals surface area contributed by atoms with E-state index >= 15 is 0 Å². The lowest BCUT2D eigenvalue weighted by molar-refractivity contribution is -0.121. The number of carbonyl (C=O) groups is 3. The molecule has 9 heteroatoms. The summed E-state index contributed by atoms with van der Waals surface area (Å²) >= 11 is 0. The fourth-order valence-corrected chi connectivity index (χ4v) is 5.55. The number of fused-ring (bicyclic) bond motifs is 5. The van der Waals surface area contributed by atoms with Crippen LogP contribution >= 0.6 is 0 Å². The van der Waals surface area contributed by atoms with Crippen molar-refractivity contribution in [1.82, 2.24) is 25.3 Å². The average molecular weight is 594 g/mol. The number of hydrogen-bond donors (Lipinski definition) is 3. The standard InChI is InChI=1S/C35H39N5O4/c1-24-19-25(2)40(38-24)23-27-7-3-10-30(20-27)35(44)39-17-5-11-33(42)36-16-14-26-12-13-32(41)31(21-26)28-8-4-9-29(22-28)34(43)37-15-6-18-39/h3-4,7-10,12-13,19-22,41H,5-6,11,14-18,23H2,1-2H3,(H,36,42)(H,37,43). The molecule has 0 spiro atoms. The van der Waals surface area contributed by atoms with Gasteiger partial charge in [0, 0.05) is 55.0 Å². The number of nitrogens with zero attached hydrogens (tertiary/aromatic N) is 3. The minimum absolute atomic E-state index is 0.0684. The van der Waals surface area contributed by atoms with Gasteiger partial charge in [0.15, 0.2) is 0 Å². The molecule has 0 saturated carbocycles. The van der Waals surface area contributed by atoms with Crippen molar-refractivity contribution in [2.45, 2.75) is 46.1 Å². The highest BCUT2D eigenvalue weighted by Gasteiger charge is 2.18. The summed E-state index contributed by atoms with van der Waals surface area (Å²) in [5, 5.41) is 21.0. The zero-order chi connectivity index (χ0) is 31.1. The van der Waals surface area contributed by atoms with Crippen LogP contribution in [0, 0.1) is 13.8 Å². The average Bonchev–Trinajstić information content (AvgIpc) is 3.34. The van der Waals surface area contributed by atoms with E-state index in [2.05, 4.69) is 15.7 Å². The number of amides is 3. The zero-order valence-corrected chi connectivity index (χ0v) is 25.3. The SMILES string of the molecule is Cc1cc(C)n(Cc2cccc(C(=O)N3CCCNC(=O)c4cccc(c4)-c4cc(ccc4O)CCNC(=O)CCC3)c2)n1. The van der Waals surface area contributed by atoms with Crippen LogP contribution < -0.4 is 10.6 Å². The van der Waals surface area contributed by atoms with Crippen molar-refractivity contribution in [3.8, 4) is 16.9 Å². The fraction of sp³-hybridized carbons (Fsp3) is 0.314. The summed E-state index contributed by atoms with van der Waals surface area (Å²) in [6, 6.07) is 22.1. The Balaban J connectivity index is 1.31. The third-order valence-corrected chi connectivity index (χ3v) is 7.85. The van der Waals surface area contributed by atoms with Crippen molar-refractivity contribution in [3.05, 3.63) is 106 Å². The molecule has 0 atom stereocenters. The van der Waals surface area contributed by atoms with Crippen molar-refractivity contribution in [2.24, 2.45) is 0 Å². The smallest absolute Gasteiger partial charge is 0.253 e. The second-order valence-corrected chi connectivity index (χ2v) is 11.3. The molecule has 1 aliphatic rings. The number of aromatic nitrogens is 2. The number of phenolic OH excluding ortho intramolecular Hbond substituents is 1. The molecule has 0 radical (unpaired) electrons. The van der Waals surface area contributed by atoms with E-state index in [1.165, 1.54) is 0 Å². The first-order valence-electron chi connectivity index (χ1n) is 15.1. The monoisotopic (exact) mass is 593 g/mol. The van der Waals surface area contributed by atoms with E-state index in [9.17, 15) is 19.5 Å². The minimum Gasteiger partial charge on any atom is -0.507 e. The number of phenols is 1. The molecular formula is C35H39N5O4. The lowest BCUT2D eigenvalue weighted by atomic mass is 9.98. The quantitative estimate of drug-likeness (QED) is 0.320. The van der Waals surface area contributed by atoms with Gasteiger partial charge in [0.05, 0.1) is 12.2 Å². The van der Waals surface area contributed by atoms with Gasteiger partial charge in [-0.25, -0.2) is 0 Å². The summed E-state index contributed by atoms with van der Waals surface area (Å²) in [6.07, 6.45) is 1.96. The van der Waals surface area contributed by atoms with E-state index in [-0.39, 0.29) is 23.5 Å². The van der Waals surface area contributed by atoms with Crippen LogP contribution in [0.1, 0.15) is 62.5 Å². The Morgan fingerprint density at radius 1 is 0.864 bits per heavy atom. The number of carbonyl (C=O) groups excluding carboxylic acids is 3. The predicted molar refractivity (Wildman–Crippen MR) is 170 cm³/mol. The maximum Gasteiger partial charge on any atom is 0.253 e. The Labute approximate surface area is 257 Å². The Bertz CT molecular complexity index is 1660. The number of aryl methyl sites for hydroxylation is 2. The van der Waals surface area contributed by atoms with Gasteiger partial charge < -0.3 is 20.6 Å². The van der Waals surface area contributed by atoms with Crippen LogP contribution in [0.2, 0.25) is 0 Å². The van der Waals surface area contributed by atoms with Crippen molar-refractivity contribution in [2.75, 3.05) is 26.2 Å². The minimum atomic E-state index is -0.218. The second kappa shape index (κ2) is 14.0. The lowest BCUT2D eigenvalue weighted by Gasteiger charge is -2.23. The fourth-order valence-electron chi connectivity index (χ4n) is 5.55. The van der Waals surface area contributed by atoms with Crippen LogP contribution in [0.25, 0.3) is 11.1 Å². The summed E-state index contributed by atoms with van der Waals surface area (Å²) < 4.78 is 1.92. The summed E-state index contributed by atoms with van der Waals surface area (Å²) in [7, 11) is 0. The van der Waals surface area contributed by atoms with E-state index in [4.69, 9.17) is 0 Å². The molecule has 44 heavy (non-hydrogen) atoms. The van der Waals surface area contributed by atoms with Gasteiger partial charge in [-0.15, -0.1) is 0 Å². The molecule has 0 unspecified atom stereocenters. The van der Waals surface area contributed by atoms with E-state index in [1.807, 2.05) is 67.1 Å². The molecular weight excluding hydrogens is 554 g/mol. The van der Waals surface area contributed by atoms with Gasteiger partial charge >= 0.3 is 0 Å². The van der Waals surface area contributed by atoms with Gasteiger partial charge in [0.25, 0.3) is 11.8 Å². The van der Waals surface area contributed by atoms with Gasteiger partial charge in [0.2, 0.25) is 5.91 Å². The maximum atomic E-state index is 13.7. The number of hydrogen-bond acceptors (Lipinski definition) is 5. The summed E-state index contributed by atoms with van der Waals surface area (Å²) in [4.78, 5) is 41.1. The highest BCUT2D eigenvalue weighted by Crippen LogP contribution is 2.31. The zero-order valence-electron chi connectivity index (χ0n) is 25.3. The number of rotatable bonds is 3. The third-order valence-electron chi connectivity index (χ3n) is 7.85. The molecule has 3 N–H and O–H groups in total. The van der Waals surface area contributed by atoms with Gasteiger partial charge in [0.1, 0.15) is 5.75 Å². The number of nitrogens with one attached hydrogen (secondary N) is 2. The van der Waals surface area contributed by atoms with Crippen molar-refractivity contribution in [3.63, 3.8) is 0 Å². The molecule has 4 aromatic rings. The van der Waals surface area contributed by atoms with Crippen LogP contribution in [0.5, 0.6) is 5.75 Å². The first-order chi connectivity index (χ1) is 21.3. The predicted octanol–water partition coefficient (Wildman–Crippen LogP) is 4.64. The molecule has 0 saturated heterocycles. The molecule has 9 nitrogen and oxygen atoms in total. The third kappa shape index (κ3) is 7.72. The Morgan fingerprint density at radius 3 is 2.48 bits per heavy atom. The highest BCUT2D eigenvalue weighted by molar-refractivity contribution is 5.96. The maximum absolute atomic E-state index is 13.7. The van der Waals surface area contributed by atoms with Crippen LogP contribution in [0.4, 0.5) is 0 Å². The molecule has 2 heterocycles. The van der Waals surface area contributed by atoms with E-state index in [0.717, 1.165) is 28.1 Å². The van der Waals surface area contributed by atoms with Crippen molar-refractivity contribution in [1.29, 1.82) is 0 Å². The molecule has 1 aliphatic heterocycles. The molecule has 228 valence electrons. The second-order valence-electron chi connectivity index (χ2n) is 11.3. The molecule has 3 amide bonds. The Morgan fingerprint density at radius 2 is 1.66 bits per heavy atom. The number of benzene rings is 3. The van der Waals surface area contributed by atoms with Gasteiger partial charge in [-0.3, -0.25) is 19.1 Å². The Kier molecular flexibility index (Phi) is 9.74. The Hall–Kier alpha value is -4.92. The summed E-state index contributed by atoms with van der Waals surface area (Å²) in [5.41, 5.74) is 6.38. The highest BCUT2D eigenvalue weighted by atomic mass is 16.3. The van der Waals surface area contributed by atoms with Crippen LogP contribution in [-0.4, -0.2) is 63.7 Å². The van der Waals surface area contributed by atoms with Gasteiger partial charge in [-0.2, -0.15) is 5.10 Å². The molecule has 0 aliphatic carbocycles. The summed E-state index contributed by atoms with van der Waals surface area (Å²) in [6.45, 7) is 6.23. The topological polar surface area (TPSA) is 117 Å². The largest absolute Gasteiger partial charge is 0.507 e. The molecule has 4 bridgehead atoms. The van der Waals surface area contributed by atoms with Crippen molar-refractivity contribution < 1.29 is 19.5 Å². The molecule has 5 rings (SSSR count). The van der Waals surface area contributed by atoms with E-state index in [0.29, 0.717) is 75.1 Å². The molecule has 0 fully saturated rings. The van der Waals surface area contributed by atoms with Crippen LogP contribution in [0.15, 0.2) is 72.8 Å². The summed E-state index contributed by atoms with van der Waals surface area (Å²) in [5.74, 6) is -0.265.